The number of hydrogen-bond acceptors (Lipinski definition) is 8. The molecule has 28 heavy (non-hydrogen) atoms. The molecule has 0 N–H and O–H groups in total. The molecule has 8 nitrogen and oxygen atoms in total. The first kappa shape index (κ1) is 21.0. The molecule has 2 rings (SSSR count). The van der Waals surface area contributed by atoms with E-state index in [2.05, 4.69) is 0 Å². The zero-order valence-electron chi connectivity index (χ0n) is 16.4. The largest absolute Gasteiger partial charge is 0.493 e. The maximum atomic E-state index is 12.7. The van der Waals surface area contributed by atoms with Gasteiger partial charge >= 0.3 is 5.97 Å². The maximum absolute atomic E-state index is 12.7. The molecule has 0 atom stereocenters. The minimum atomic E-state index is -0.703. The summed E-state index contributed by atoms with van der Waals surface area (Å²) in [6.07, 6.45) is 0. The Morgan fingerprint density at radius 1 is 0.857 bits per heavy atom. The summed E-state index contributed by atoms with van der Waals surface area (Å²) in [6.45, 7) is 1.39. The zero-order chi connectivity index (χ0) is 20.7. The smallest absolute Gasteiger partial charge is 0.343 e. The number of carbonyl (C=O) groups excluding carboxylic acids is 2. The van der Waals surface area contributed by atoms with Gasteiger partial charge in [0.2, 0.25) is 5.75 Å². The van der Waals surface area contributed by atoms with Crippen LogP contribution in [-0.4, -0.2) is 47.0 Å². The molecular weight excluding hydrogens is 368 g/mol. The predicted octanol–water partition coefficient (Wildman–Crippen LogP) is 3.12. The lowest BCUT2D eigenvalue weighted by Crippen LogP contribution is -2.12. The van der Waals surface area contributed by atoms with Crippen LogP contribution in [0.5, 0.6) is 28.7 Å². The highest BCUT2D eigenvalue weighted by Crippen LogP contribution is 2.38. The lowest BCUT2D eigenvalue weighted by Gasteiger charge is -2.14. The molecular formula is C20H22O8. The van der Waals surface area contributed by atoms with Gasteiger partial charge < -0.3 is 28.4 Å². The summed E-state index contributed by atoms with van der Waals surface area (Å²) < 4.78 is 31.4. The van der Waals surface area contributed by atoms with Crippen molar-refractivity contribution in [2.75, 3.05) is 35.2 Å². The van der Waals surface area contributed by atoms with Crippen LogP contribution in [0.1, 0.15) is 27.6 Å². The van der Waals surface area contributed by atoms with Crippen molar-refractivity contribution >= 4 is 11.8 Å². The van der Waals surface area contributed by atoms with Crippen molar-refractivity contribution in [3.8, 4) is 28.7 Å². The molecule has 0 aliphatic carbocycles. The van der Waals surface area contributed by atoms with Gasteiger partial charge in [-0.15, -0.1) is 0 Å². The number of hydrogen-bond donors (Lipinski definition) is 0. The first-order valence-corrected chi connectivity index (χ1v) is 8.24. The summed E-state index contributed by atoms with van der Waals surface area (Å²) >= 11 is 0. The number of carbonyl (C=O) groups is 2. The SMILES string of the molecule is COCOc1ccc(C(C)=O)c(OC(=O)c2cc(OC)c(OC)c(OC)c2)c1. The quantitative estimate of drug-likeness (QED) is 0.279. The summed E-state index contributed by atoms with van der Waals surface area (Å²) in [5.74, 6) is 0.451. The topological polar surface area (TPSA) is 89.5 Å². The van der Waals surface area contributed by atoms with Gasteiger partial charge in [0.25, 0.3) is 0 Å². The number of methoxy groups -OCH3 is 4. The average Bonchev–Trinajstić information content (AvgIpc) is 2.70. The summed E-state index contributed by atoms with van der Waals surface area (Å²) in [6, 6.07) is 7.48. The average molecular weight is 390 g/mol. The van der Waals surface area contributed by atoms with Crippen molar-refractivity contribution in [3.63, 3.8) is 0 Å². The van der Waals surface area contributed by atoms with E-state index in [1.165, 1.54) is 59.6 Å². The third kappa shape index (κ3) is 4.72. The Balaban J connectivity index is 2.39. The van der Waals surface area contributed by atoms with Crippen molar-refractivity contribution in [1.82, 2.24) is 0 Å². The lowest BCUT2D eigenvalue weighted by molar-refractivity contribution is 0.0508. The highest BCUT2D eigenvalue weighted by Gasteiger charge is 2.20. The Kier molecular flexibility index (Phi) is 7.22. The number of Topliss-reactive ketones (excluding diaryl/α,β-unsaturated/α-hetero) is 1. The molecule has 0 bridgehead atoms. The highest BCUT2D eigenvalue weighted by atomic mass is 16.7. The second kappa shape index (κ2) is 9.61. The molecule has 8 heteroatoms. The Morgan fingerprint density at radius 3 is 2.00 bits per heavy atom. The van der Waals surface area contributed by atoms with Crippen molar-refractivity contribution in [2.45, 2.75) is 6.92 Å². The normalized spacial score (nSPS) is 10.2. The summed E-state index contributed by atoms with van der Waals surface area (Å²) in [7, 11) is 5.83. The van der Waals surface area contributed by atoms with E-state index in [1.807, 2.05) is 0 Å². The van der Waals surface area contributed by atoms with Crippen LogP contribution in [-0.2, 0) is 4.74 Å². The van der Waals surface area contributed by atoms with E-state index in [1.54, 1.807) is 6.07 Å². The van der Waals surface area contributed by atoms with Gasteiger partial charge in [0.1, 0.15) is 11.5 Å². The fourth-order valence-corrected chi connectivity index (χ4v) is 2.45. The Hall–Kier alpha value is -3.26. The van der Waals surface area contributed by atoms with Gasteiger partial charge in [-0.05, 0) is 31.2 Å². The van der Waals surface area contributed by atoms with Gasteiger partial charge in [0, 0.05) is 13.2 Å². The standard InChI is InChI=1S/C20H22O8/c1-12(21)15-7-6-14(27-11-23-2)10-16(15)28-20(22)13-8-17(24-3)19(26-5)18(9-13)25-4/h6-10H,11H2,1-5H3. The van der Waals surface area contributed by atoms with Gasteiger partial charge in [0.05, 0.1) is 32.5 Å². The van der Waals surface area contributed by atoms with E-state index in [9.17, 15) is 9.59 Å². The van der Waals surface area contributed by atoms with Crippen molar-refractivity contribution in [1.29, 1.82) is 0 Å². The van der Waals surface area contributed by atoms with E-state index in [4.69, 9.17) is 28.4 Å². The molecule has 0 aliphatic heterocycles. The number of benzene rings is 2. The van der Waals surface area contributed by atoms with Crippen LogP contribution in [0.3, 0.4) is 0 Å². The predicted molar refractivity (Wildman–Crippen MR) is 100 cm³/mol. The third-order valence-corrected chi connectivity index (χ3v) is 3.78. The van der Waals surface area contributed by atoms with Crippen LogP contribution >= 0.6 is 0 Å². The minimum Gasteiger partial charge on any atom is -0.493 e. The van der Waals surface area contributed by atoms with Crippen LogP contribution in [0.25, 0.3) is 0 Å². The molecule has 0 radical (unpaired) electrons. The summed E-state index contributed by atoms with van der Waals surface area (Å²) in [4.78, 5) is 24.6. The Morgan fingerprint density at radius 2 is 1.50 bits per heavy atom. The van der Waals surface area contributed by atoms with Crippen LogP contribution < -0.4 is 23.7 Å². The van der Waals surface area contributed by atoms with E-state index in [0.717, 1.165) is 0 Å². The van der Waals surface area contributed by atoms with Crippen LogP contribution in [0.15, 0.2) is 30.3 Å². The van der Waals surface area contributed by atoms with E-state index in [0.29, 0.717) is 23.0 Å². The number of esters is 1. The maximum Gasteiger partial charge on any atom is 0.343 e. The van der Waals surface area contributed by atoms with Crippen molar-refractivity contribution < 1.29 is 38.0 Å². The van der Waals surface area contributed by atoms with Crippen molar-refractivity contribution in [3.05, 3.63) is 41.5 Å². The molecule has 0 amide bonds. The molecule has 0 unspecified atom stereocenters. The van der Waals surface area contributed by atoms with Gasteiger partial charge in [-0.2, -0.15) is 0 Å². The molecule has 0 fully saturated rings. The fourth-order valence-electron chi connectivity index (χ4n) is 2.45. The van der Waals surface area contributed by atoms with Crippen LogP contribution in [0.4, 0.5) is 0 Å². The minimum absolute atomic E-state index is 0.0136. The second-order valence-corrected chi connectivity index (χ2v) is 5.57. The summed E-state index contributed by atoms with van der Waals surface area (Å²) in [5, 5.41) is 0. The Bertz CT molecular complexity index is 834. The number of ether oxygens (including phenoxy) is 6. The molecule has 0 spiro atoms. The second-order valence-electron chi connectivity index (χ2n) is 5.57. The van der Waals surface area contributed by atoms with Crippen LogP contribution in [0.2, 0.25) is 0 Å². The molecule has 0 saturated heterocycles. The third-order valence-electron chi connectivity index (χ3n) is 3.78. The molecule has 150 valence electrons. The van der Waals surface area contributed by atoms with E-state index < -0.39 is 5.97 Å². The Labute approximate surface area is 162 Å². The molecule has 0 saturated carbocycles. The van der Waals surface area contributed by atoms with Gasteiger partial charge in [-0.25, -0.2) is 4.79 Å². The zero-order valence-corrected chi connectivity index (χ0v) is 16.4. The van der Waals surface area contributed by atoms with Gasteiger partial charge in [-0.1, -0.05) is 0 Å². The van der Waals surface area contributed by atoms with Crippen molar-refractivity contribution in [2.24, 2.45) is 0 Å². The molecule has 2 aromatic rings. The van der Waals surface area contributed by atoms with Crippen LogP contribution in [0, 0.1) is 0 Å². The van der Waals surface area contributed by atoms with Gasteiger partial charge in [0.15, 0.2) is 24.1 Å². The summed E-state index contributed by atoms with van der Waals surface area (Å²) in [5.41, 5.74) is 0.401. The molecule has 0 aromatic heterocycles. The monoisotopic (exact) mass is 390 g/mol. The van der Waals surface area contributed by atoms with Gasteiger partial charge in [-0.3, -0.25) is 4.79 Å². The fraction of sp³-hybridized carbons (Fsp3) is 0.300. The van der Waals surface area contributed by atoms with E-state index >= 15 is 0 Å². The molecule has 0 heterocycles. The molecule has 0 aliphatic rings. The first-order valence-electron chi connectivity index (χ1n) is 8.24. The highest BCUT2D eigenvalue weighted by molar-refractivity contribution is 5.99. The first-order chi connectivity index (χ1) is 13.4. The van der Waals surface area contributed by atoms with E-state index in [-0.39, 0.29) is 29.5 Å². The lowest BCUT2D eigenvalue weighted by atomic mass is 10.1. The number of rotatable bonds is 9. The molecule has 2 aromatic carbocycles. The number of ketones is 1.